The number of nitrogens with zero attached hydrogens (tertiary/aromatic N) is 3. The number of halogens is 1. The molecule has 0 spiro atoms. The Labute approximate surface area is 110 Å². The fraction of sp³-hybridized carbons (Fsp3) is 0.385. The maximum absolute atomic E-state index is 12.8. The monoisotopic (exact) mass is 265 g/mol. The fourth-order valence-electron chi connectivity index (χ4n) is 1.78. The van der Waals surface area contributed by atoms with Crippen LogP contribution < -0.4 is 0 Å². The molecule has 0 bridgehead atoms. The molecule has 0 aliphatic carbocycles. The second kappa shape index (κ2) is 5.90. The Hall–Kier alpha value is -1.79. The topological polar surface area (TPSA) is 62.4 Å². The number of rotatable bonds is 5. The molecule has 1 N–H and O–H groups in total. The van der Waals surface area contributed by atoms with Gasteiger partial charge in [-0.15, -0.1) is 0 Å². The van der Waals surface area contributed by atoms with E-state index in [0.29, 0.717) is 30.4 Å². The summed E-state index contributed by atoms with van der Waals surface area (Å²) in [7, 11) is 1.86. The third-order valence-electron chi connectivity index (χ3n) is 2.55. The molecular weight excluding hydrogens is 249 g/mol. The molecule has 6 heteroatoms. The van der Waals surface area contributed by atoms with Crippen molar-refractivity contribution in [3.05, 3.63) is 35.9 Å². The zero-order valence-corrected chi connectivity index (χ0v) is 10.9. The van der Waals surface area contributed by atoms with Gasteiger partial charge in [-0.2, -0.15) is 4.98 Å². The summed E-state index contributed by atoms with van der Waals surface area (Å²) in [6, 6.07) is 5.87. The molecule has 0 fully saturated rings. The van der Waals surface area contributed by atoms with Crippen LogP contribution in [0.3, 0.4) is 0 Å². The highest BCUT2D eigenvalue weighted by Crippen LogP contribution is 2.17. The Kier molecular flexibility index (Phi) is 4.24. The molecule has 0 saturated carbocycles. The van der Waals surface area contributed by atoms with Crippen LogP contribution in [0.5, 0.6) is 0 Å². The lowest BCUT2D eigenvalue weighted by Crippen LogP contribution is -2.27. The second-order valence-electron chi connectivity index (χ2n) is 4.57. The summed E-state index contributed by atoms with van der Waals surface area (Å²) in [6.45, 7) is 2.73. The summed E-state index contributed by atoms with van der Waals surface area (Å²) < 4.78 is 17.9. The van der Waals surface area contributed by atoms with Crippen molar-refractivity contribution in [3.8, 4) is 11.5 Å². The predicted octanol–water partition coefficient (Wildman–Crippen LogP) is 1.69. The van der Waals surface area contributed by atoms with Crippen LogP contribution in [0.4, 0.5) is 4.39 Å². The number of likely N-dealkylation sites (N-methyl/N-ethyl adjacent to an activating group) is 1. The van der Waals surface area contributed by atoms with Gasteiger partial charge in [-0.25, -0.2) is 4.39 Å². The van der Waals surface area contributed by atoms with Gasteiger partial charge in [0.15, 0.2) is 5.82 Å². The minimum atomic E-state index is -0.409. The molecule has 0 saturated heterocycles. The van der Waals surface area contributed by atoms with Gasteiger partial charge in [-0.1, -0.05) is 5.16 Å². The molecule has 102 valence electrons. The van der Waals surface area contributed by atoms with Crippen molar-refractivity contribution in [2.24, 2.45) is 0 Å². The van der Waals surface area contributed by atoms with Gasteiger partial charge in [0.25, 0.3) is 5.89 Å². The number of aliphatic hydroxyl groups is 1. The van der Waals surface area contributed by atoms with E-state index in [9.17, 15) is 9.50 Å². The number of hydrogen-bond donors (Lipinski definition) is 1. The van der Waals surface area contributed by atoms with Gasteiger partial charge in [0.05, 0.1) is 12.6 Å². The largest absolute Gasteiger partial charge is 0.392 e. The number of benzene rings is 1. The van der Waals surface area contributed by atoms with Crippen molar-refractivity contribution in [2.75, 3.05) is 13.6 Å². The van der Waals surface area contributed by atoms with Crippen molar-refractivity contribution in [3.63, 3.8) is 0 Å². The summed E-state index contributed by atoms with van der Waals surface area (Å²) in [5.41, 5.74) is 0.679. The van der Waals surface area contributed by atoms with E-state index >= 15 is 0 Å². The standard InChI is InChI=1S/C13H16FN3O2/c1-9(18)7-17(2)8-12-15-13(19-16-12)10-3-5-11(14)6-4-10/h3-6,9,18H,7-8H2,1-2H3. The fourth-order valence-corrected chi connectivity index (χ4v) is 1.78. The normalized spacial score (nSPS) is 12.9. The third-order valence-corrected chi connectivity index (χ3v) is 2.55. The van der Waals surface area contributed by atoms with Gasteiger partial charge in [0.1, 0.15) is 5.82 Å². The molecule has 0 amide bonds. The molecule has 1 aromatic heterocycles. The minimum Gasteiger partial charge on any atom is -0.392 e. The van der Waals surface area contributed by atoms with Crippen LogP contribution >= 0.6 is 0 Å². The summed E-state index contributed by atoms with van der Waals surface area (Å²) in [4.78, 5) is 6.13. The van der Waals surface area contributed by atoms with Crippen LogP contribution in [0.25, 0.3) is 11.5 Å². The molecule has 1 unspecified atom stereocenters. The third kappa shape index (κ3) is 3.84. The van der Waals surface area contributed by atoms with E-state index in [1.165, 1.54) is 12.1 Å². The van der Waals surface area contributed by atoms with Gasteiger partial charge in [-0.05, 0) is 38.2 Å². The van der Waals surface area contributed by atoms with Crippen molar-refractivity contribution >= 4 is 0 Å². The lowest BCUT2D eigenvalue weighted by Gasteiger charge is -2.15. The average molecular weight is 265 g/mol. The SMILES string of the molecule is CC(O)CN(C)Cc1noc(-c2ccc(F)cc2)n1. The van der Waals surface area contributed by atoms with Crippen molar-refractivity contribution in [1.29, 1.82) is 0 Å². The average Bonchev–Trinajstić information content (AvgIpc) is 2.77. The molecule has 1 atom stereocenters. The van der Waals surface area contributed by atoms with Crippen LogP contribution in [0.1, 0.15) is 12.7 Å². The highest BCUT2D eigenvalue weighted by molar-refractivity contribution is 5.52. The molecule has 1 heterocycles. The number of aromatic nitrogens is 2. The van der Waals surface area contributed by atoms with E-state index in [1.807, 2.05) is 11.9 Å². The Morgan fingerprint density at radius 2 is 2.05 bits per heavy atom. The summed E-state index contributed by atoms with van der Waals surface area (Å²) in [5, 5.41) is 13.1. The van der Waals surface area contributed by atoms with Gasteiger partial charge in [0.2, 0.25) is 0 Å². The Morgan fingerprint density at radius 3 is 2.68 bits per heavy atom. The predicted molar refractivity (Wildman–Crippen MR) is 67.7 cm³/mol. The van der Waals surface area contributed by atoms with Crippen LogP contribution in [0.2, 0.25) is 0 Å². The van der Waals surface area contributed by atoms with E-state index in [4.69, 9.17) is 4.52 Å². The molecule has 0 aliphatic rings. The van der Waals surface area contributed by atoms with E-state index < -0.39 is 6.10 Å². The molecule has 2 aromatic rings. The lowest BCUT2D eigenvalue weighted by molar-refractivity contribution is 0.136. The zero-order valence-electron chi connectivity index (χ0n) is 10.9. The highest BCUT2D eigenvalue weighted by Gasteiger charge is 2.11. The highest BCUT2D eigenvalue weighted by atomic mass is 19.1. The lowest BCUT2D eigenvalue weighted by atomic mass is 10.2. The van der Waals surface area contributed by atoms with Gasteiger partial charge in [-0.3, -0.25) is 4.90 Å². The maximum atomic E-state index is 12.8. The Balaban J connectivity index is 2.04. The Morgan fingerprint density at radius 1 is 1.37 bits per heavy atom. The smallest absolute Gasteiger partial charge is 0.257 e. The summed E-state index contributed by atoms with van der Waals surface area (Å²) in [6.07, 6.45) is -0.409. The van der Waals surface area contributed by atoms with E-state index in [1.54, 1.807) is 19.1 Å². The molecule has 0 aliphatic heterocycles. The van der Waals surface area contributed by atoms with E-state index in [-0.39, 0.29) is 5.82 Å². The molecule has 1 aromatic carbocycles. The number of hydrogen-bond acceptors (Lipinski definition) is 5. The molecule has 2 rings (SSSR count). The first-order valence-corrected chi connectivity index (χ1v) is 5.99. The molecule has 5 nitrogen and oxygen atoms in total. The van der Waals surface area contributed by atoms with E-state index in [2.05, 4.69) is 10.1 Å². The summed E-state index contributed by atoms with van der Waals surface area (Å²) in [5.74, 6) is 0.586. The zero-order chi connectivity index (χ0) is 13.8. The maximum Gasteiger partial charge on any atom is 0.257 e. The molecule has 19 heavy (non-hydrogen) atoms. The first kappa shape index (κ1) is 13.6. The van der Waals surface area contributed by atoms with E-state index in [0.717, 1.165) is 0 Å². The van der Waals surface area contributed by atoms with Gasteiger partial charge < -0.3 is 9.63 Å². The van der Waals surface area contributed by atoms with Crippen LogP contribution in [0.15, 0.2) is 28.8 Å². The molecular formula is C13H16FN3O2. The quantitative estimate of drug-likeness (QED) is 0.891. The van der Waals surface area contributed by atoms with Crippen LogP contribution in [-0.4, -0.2) is 39.8 Å². The van der Waals surface area contributed by atoms with Crippen molar-refractivity contribution in [2.45, 2.75) is 19.6 Å². The van der Waals surface area contributed by atoms with Gasteiger partial charge in [0, 0.05) is 12.1 Å². The first-order chi connectivity index (χ1) is 9.04. The van der Waals surface area contributed by atoms with Gasteiger partial charge >= 0.3 is 0 Å². The first-order valence-electron chi connectivity index (χ1n) is 5.99. The molecule has 0 radical (unpaired) electrons. The number of aliphatic hydroxyl groups excluding tert-OH is 1. The van der Waals surface area contributed by atoms with Crippen molar-refractivity contribution in [1.82, 2.24) is 15.0 Å². The van der Waals surface area contributed by atoms with Crippen LogP contribution in [-0.2, 0) is 6.54 Å². The van der Waals surface area contributed by atoms with Crippen LogP contribution in [0, 0.1) is 5.82 Å². The Bertz CT molecular complexity index is 525. The van der Waals surface area contributed by atoms with Crippen molar-refractivity contribution < 1.29 is 14.0 Å². The summed E-state index contributed by atoms with van der Waals surface area (Å²) >= 11 is 0. The second-order valence-corrected chi connectivity index (χ2v) is 4.57. The minimum absolute atomic E-state index is 0.305.